The van der Waals surface area contributed by atoms with Crippen molar-refractivity contribution in [2.45, 2.75) is 19.9 Å². The monoisotopic (exact) mass is 322 g/mol. The van der Waals surface area contributed by atoms with E-state index in [9.17, 15) is 4.39 Å². The highest BCUT2D eigenvalue weighted by Crippen LogP contribution is 2.30. The first kappa shape index (κ1) is 14.2. The van der Waals surface area contributed by atoms with Crippen LogP contribution in [-0.2, 0) is 0 Å². The summed E-state index contributed by atoms with van der Waals surface area (Å²) in [5.74, 6) is 5.47. The van der Waals surface area contributed by atoms with Crippen LogP contribution >= 0.6 is 15.9 Å². The molecule has 0 spiro atoms. The first-order valence-corrected chi connectivity index (χ1v) is 6.81. The molecule has 0 aromatic heterocycles. The van der Waals surface area contributed by atoms with E-state index in [4.69, 9.17) is 5.84 Å². The van der Waals surface area contributed by atoms with Crippen LogP contribution in [0, 0.1) is 19.7 Å². The van der Waals surface area contributed by atoms with Gasteiger partial charge in [-0.2, -0.15) is 0 Å². The summed E-state index contributed by atoms with van der Waals surface area (Å²) in [6.45, 7) is 3.77. The molecule has 2 rings (SSSR count). The van der Waals surface area contributed by atoms with Gasteiger partial charge < -0.3 is 0 Å². The highest BCUT2D eigenvalue weighted by molar-refractivity contribution is 9.10. The zero-order chi connectivity index (χ0) is 14.0. The largest absolute Gasteiger partial charge is 0.271 e. The van der Waals surface area contributed by atoms with Crippen LogP contribution < -0.4 is 11.3 Å². The molecule has 100 valence electrons. The molecule has 0 aliphatic carbocycles. The lowest BCUT2D eigenvalue weighted by Gasteiger charge is -2.20. The standard InChI is InChI=1S/C15H16BrFN2/c1-9-4-3-5-12(14(9)16)15(19-18)11-6-7-13(17)10(2)8-11/h3-8,15,19H,18H2,1-2H3. The SMILES string of the molecule is Cc1cc(C(NN)c2cccc(C)c2Br)ccc1F. The van der Waals surface area contributed by atoms with Crippen molar-refractivity contribution in [1.29, 1.82) is 0 Å². The number of hydrogen-bond donors (Lipinski definition) is 2. The van der Waals surface area contributed by atoms with Crippen LogP contribution in [0.25, 0.3) is 0 Å². The van der Waals surface area contributed by atoms with Crippen LogP contribution in [0.2, 0.25) is 0 Å². The van der Waals surface area contributed by atoms with Crippen molar-refractivity contribution in [3.05, 3.63) is 68.9 Å². The average Bonchev–Trinajstić information content (AvgIpc) is 2.39. The summed E-state index contributed by atoms with van der Waals surface area (Å²) in [4.78, 5) is 0. The van der Waals surface area contributed by atoms with Crippen molar-refractivity contribution in [2.24, 2.45) is 5.84 Å². The molecule has 0 saturated carbocycles. The minimum Gasteiger partial charge on any atom is -0.271 e. The topological polar surface area (TPSA) is 38.0 Å². The maximum atomic E-state index is 13.4. The number of hydrazine groups is 1. The predicted molar refractivity (Wildman–Crippen MR) is 79.2 cm³/mol. The van der Waals surface area contributed by atoms with Crippen LogP contribution in [0.1, 0.15) is 28.3 Å². The zero-order valence-corrected chi connectivity index (χ0v) is 12.5. The minimum absolute atomic E-state index is 0.173. The Morgan fingerprint density at radius 1 is 1.16 bits per heavy atom. The van der Waals surface area contributed by atoms with E-state index >= 15 is 0 Å². The van der Waals surface area contributed by atoms with Crippen molar-refractivity contribution >= 4 is 15.9 Å². The van der Waals surface area contributed by atoms with E-state index in [1.54, 1.807) is 13.0 Å². The molecule has 1 unspecified atom stereocenters. The summed E-state index contributed by atoms with van der Waals surface area (Å²) in [6.07, 6.45) is 0. The molecule has 3 N–H and O–H groups in total. The molecule has 2 aromatic rings. The van der Waals surface area contributed by atoms with Gasteiger partial charge in [0.25, 0.3) is 0 Å². The number of benzene rings is 2. The fraction of sp³-hybridized carbons (Fsp3) is 0.200. The maximum absolute atomic E-state index is 13.4. The molecule has 0 heterocycles. The molecular formula is C15H16BrFN2. The quantitative estimate of drug-likeness (QED) is 0.667. The number of nitrogens with two attached hydrogens (primary N) is 1. The van der Waals surface area contributed by atoms with Crippen LogP contribution in [0.3, 0.4) is 0 Å². The lowest BCUT2D eigenvalue weighted by molar-refractivity contribution is 0.607. The van der Waals surface area contributed by atoms with E-state index in [1.165, 1.54) is 6.07 Å². The second kappa shape index (κ2) is 5.82. The lowest BCUT2D eigenvalue weighted by atomic mass is 9.96. The van der Waals surface area contributed by atoms with E-state index in [0.717, 1.165) is 21.2 Å². The molecule has 2 aromatic carbocycles. The highest BCUT2D eigenvalue weighted by Gasteiger charge is 2.17. The summed E-state index contributed by atoms with van der Waals surface area (Å²) >= 11 is 3.58. The van der Waals surface area contributed by atoms with Crippen LogP contribution in [0.15, 0.2) is 40.9 Å². The van der Waals surface area contributed by atoms with Crippen molar-refractivity contribution in [3.8, 4) is 0 Å². The van der Waals surface area contributed by atoms with Gasteiger partial charge in [-0.3, -0.25) is 5.84 Å². The molecule has 0 saturated heterocycles. The molecule has 0 fully saturated rings. The molecule has 0 aliphatic heterocycles. The van der Waals surface area contributed by atoms with E-state index in [2.05, 4.69) is 21.4 Å². The fourth-order valence-corrected chi connectivity index (χ4v) is 2.60. The second-order valence-electron chi connectivity index (χ2n) is 4.59. The van der Waals surface area contributed by atoms with E-state index in [0.29, 0.717) is 5.56 Å². The third-order valence-corrected chi connectivity index (χ3v) is 4.30. The van der Waals surface area contributed by atoms with Crippen LogP contribution in [0.4, 0.5) is 4.39 Å². The third-order valence-electron chi connectivity index (χ3n) is 3.21. The Bertz CT molecular complexity index is 599. The van der Waals surface area contributed by atoms with E-state index in [1.807, 2.05) is 31.2 Å². The third kappa shape index (κ3) is 2.86. The number of hydrogen-bond acceptors (Lipinski definition) is 2. The first-order valence-electron chi connectivity index (χ1n) is 6.01. The van der Waals surface area contributed by atoms with Gasteiger partial charge in [0.05, 0.1) is 6.04 Å². The Morgan fingerprint density at radius 3 is 2.53 bits per heavy atom. The van der Waals surface area contributed by atoms with Crippen LogP contribution in [0.5, 0.6) is 0 Å². The Hall–Kier alpha value is -1.23. The molecule has 4 heteroatoms. The molecule has 2 nitrogen and oxygen atoms in total. The van der Waals surface area contributed by atoms with Gasteiger partial charge in [0.15, 0.2) is 0 Å². The zero-order valence-electron chi connectivity index (χ0n) is 10.9. The number of rotatable bonds is 3. The molecular weight excluding hydrogens is 307 g/mol. The van der Waals surface area contributed by atoms with Gasteiger partial charge in [0, 0.05) is 4.47 Å². The smallest absolute Gasteiger partial charge is 0.126 e. The fourth-order valence-electron chi connectivity index (χ4n) is 2.11. The van der Waals surface area contributed by atoms with Gasteiger partial charge in [0.1, 0.15) is 5.82 Å². The number of halogens is 2. The number of aryl methyl sites for hydroxylation is 2. The van der Waals surface area contributed by atoms with Gasteiger partial charge in [-0.05, 0) is 42.2 Å². The molecule has 0 bridgehead atoms. The van der Waals surface area contributed by atoms with Crippen molar-refractivity contribution in [3.63, 3.8) is 0 Å². The first-order chi connectivity index (χ1) is 9.04. The second-order valence-corrected chi connectivity index (χ2v) is 5.38. The highest BCUT2D eigenvalue weighted by atomic mass is 79.9. The van der Waals surface area contributed by atoms with Gasteiger partial charge in [0.2, 0.25) is 0 Å². The average molecular weight is 323 g/mol. The van der Waals surface area contributed by atoms with Crippen molar-refractivity contribution < 1.29 is 4.39 Å². The Kier molecular flexibility index (Phi) is 4.34. The Labute approximate surface area is 120 Å². The maximum Gasteiger partial charge on any atom is 0.126 e. The summed E-state index contributed by atoms with van der Waals surface area (Å²) < 4.78 is 14.4. The molecule has 0 aliphatic rings. The minimum atomic E-state index is -0.206. The molecule has 19 heavy (non-hydrogen) atoms. The van der Waals surface area contributed by atoms with Crippen molar-refractivity contribution in [1.82, 2.24) is 5.43 Å². The summed E-state index contributed by atoms with van der Waals surface area (Å²) in [6, 6.07) is 10.9. The van der Waals surface area contributed by atoms with E-state index < -0.39 is 0 Å². The molecule has 0 amide bonds. The summed E-state index contributed by atoms with van der Waals surface area (Å²) in [5.41, 5.74) is 6.52. The van der Waals surface area contributed by atoms with Gasteiger partial charge >= 0.3 is 0 Å². The number of nitrogens with one attached hydrogen (secondary N) is 1. The normalized spacial score (nSPS) is 12.5. The van der Waals surface area contributed by atoms with E-state index in [-0.39, 0.29) is 11.9 Å². The molecule has 0 radical (unpaired) electrons. The lowest BCUT2D eigenvalue weighted by Crippen LogP contribution is -2.29. The Morgan fingerprint density at radius 2 is 1.89 bits per heavy atom. The van der Waals surface area contributed by atoms with Gasteiger partial charge in [-0.15, -0.1) is 0 Å². The van der Waals surface area contributed by atoms with Gasteiger partial charge in [-0.1, -0.05) is 46.3 Å². The van der Waals surface area contributed by atoms with Crippen LogP contribution in [-0.4, -0.2) is 0 Å². The Balaban J connectivity index is 2.50. The van der Waals surface area contributed by atoms with Gasteiger partial charge in [-0.25, -0.2) is 9.82 Å². The summed E-state index contributed by atoms with van der Waals surface area (Å²) in [7, 11) is 0. The van der Waals surface area contributed by atoms with Crippen molar-refractivity contribution in [2.75, 3.05) is 0 Å². The predicted octanol–water partition coefficient (Wildman–Crippen LogP) is 3.76. The summed E-state index contributed by atoms with van der Waals surface area (Å²) in [5, 5.41) is 0. The molecule has 1 atom stereocenters.